The van der Waals surface area contributed by atoms with Crippen molar-refractivity contribution in [2.24, 2.45) is 10.2 Å². The van der Waals surface area contributed by atoms with Gasteiger partial charge in [-0.05, 0) is 48.5 Å². The van der Waals surface area contributed by atoms with E-state index in [4.69, 9.17) is 11.6 Å². The Morgan fingerprint density at radius 3 is 2.53 bits per heavy atom. The van der Waals surface area contributed by atoms with Crippen molar-refractivity contribution in [3.8, 4) is 5.75 Å². The van der Waals surface area contributed by atoms with Crippen LogP contribution in [-0.2, 0) is 9.59 Å². The first-order valence-electron chi connectivity index (χ1n) is 9.32. The summed E-state index contributed by atoms with van der Waals surface area (Å²) in [6.45, 7) is 0. The van der Waals surface area contributed by atoms with Gasteiger partial charge in [-0.25, -0.2) is 0 Å². The zero-order chi connectivity index (χ0) is 22.7. The molecule has 2 saturated heterocycles. The molecule has 0 unspecified atom stereocenters. The van der Waals surface area contributed by atoms with Crippen molar-refractivity contribution < 1.29 is 19.5 Å². The van der Waals surface area contributed by atoms with Gasteiger partial charge in [-0.15, -0.1) is 10.2 Å². The Bertz CT molecular complexity index is 1120. The van der Waals surface area contributed by atoms with E-state index in [9.17, 15) is 19.5 Å². The van der Waals surface area contributed by atoms with Crippen LogP contribution in [0.2, 0.25) is 5.02 Å². The van der Waals surface area contributed by atoms with E-state index in [1.54, 1.807) is 36.4 Å². The van der Waals surface area contributed by atoms with Crippen molar-refractivity contribution in [1.82, 2.24) is 5.32 Å². The molecule has 0 saturated carbocycles. The van der Waals surface area contributed by atoms with Crippen LogP contribution in [0.3, 0.4) is 0 Å². The average Bonchev–Trinajstić information content (AvgIpc) is 3.32. The van der Waals surface area contributed by atoms with E-state index in [2.05, 4.69) is 20.8 Å². The number of rotatable bonds is 5. The molecule has 4 rings (SSSR count). The van der Waals surface area contributed by atoms with E-state index in [0.29, 0.717) is 28.0 Å². The molecule has 0 radical (unpaired) electrons. The number of amides is 3. The molecule has 12 heteroatoms. The Labute approximate surface area is 196 Å². The average molecular weight is 490 g/mol. The summed E-state index contributed by atoms with van der Waals surface area (Å²) in [6, 6.07) is 12.7. The number of carbonyl (C=O) groups excluding carboxylic acids is 3. The molecule has 32 heavy (non-hydrogen) atoms. The van der Waals surface area contributed by atoms with E-state index >= 15 is 0 Å². The summed E-state index contributed by atoms with van der Waals surface area (Å²) in [5.41, 5.74) is 1.05. The van der Waals surface area contributed by atoms with Gasteiger partial charge in [-0.3, -0.25) is 19.3 Å². The molecule has 0 aromatic heterocycles. The molecule has 9 nitrogen and oxygen atoms in total. The maximum Gasteiger partial charge on any atom is 0.284 e. The molecule has 0 aliphatic carbocycles. The third-order valence-electron chi connectivity index (χ3n) is 4.38. The minimum Gasteiger partial charge on any atom is -0.508 e. The second kappa shape index (κ2) is 9.63. The van der Waals surface area contributed by atoms with E-state index in [1.807, 2.05) is 0 Å². The van der Waals surface area contributed by atoms with Crippen molar-refractivity contribution in [1.29, 1.82) is 0 Å². The number of hydrogen-bond donors (Lipinski definition) is 3. The number of nitrogens with zero attached hydrogens (tertiary/aromatic N) is 3. The highest BCUT2D eigenvalue weighted by molar-refractivity contribution is 8.16. The molecule has 2 aliphatic heterocycles. The molecule has 2 heterocycles. The fourth-order valence-corrected chi connectivity index (χ4v) is 4.70. The fraction of sp³-hybridized carbons (Fsp3) is 0.150. The lowest BCUT2D eigenvalue weighted by atomic mass is 10.2. The highest BCUT2D eigenvalue weighted by atomic mass is 35.5. The first-order chi connectivity index (χ1) is 15.4. The first kappa shape index (κ1) is 22.2. The molecule has 164 valence electrons. The zero-order valence-electron chi connectivity index (χ0n) is 16.3. The number of nitrogens with one attached hydrogen (secondary N) is 2. The minimum atomic E-state index is -0.720. The Morgan fingerprint density at radius 2 is 1.88 bits per heavy atom. The van der Waals surface area contributed by atoms with Gasteiger partial charge in [-0.1, -0.05) is 35.1 Å². The molecular formula is C20H16ClN5O4S2. The molecular weight excluding hydrogens is 474 g/mol. The third-order valence-corrected chi connectivity index (χ3v) is 6.55. The van der Waals surface area contributed by atoms with Crippen LogP contribution in [0, 0.1) is 0 Å². The highest BCUT2D eigenvalue weighted by Gasteiger charge is 2.40. The molecule has 3 N–H and O–H groups in total. The van der Waals surface area contributed by atoms with Gasteiger partial charge in [0.15, 0.2) is 5.17 Å². The zero-order valence-corrected chi connectivity index (χ0v) is 18.7. The Morgan fingerprint density at radius 1 is 1.16 bits per heavy atom. The van der Waals surface area contributed by atoms with Crippen LogP contribution < -0.4 is 15.5 Å². The van der Waals surface area contributed by atoms with Crippen molar-refractivity contribution in [3.05, 3.63) is 53.6 Å². The van der Waals surface area contributed by atoms with Gasteiger partial charge in [0, 0.05) is 17.1 Å². The van der Waals surface area contributed by atoms with Crippen molar-refractivity contribution in [2.75, 3.05) is 16.0 Å². The lowest BCUT2D eigenvalue weighted by Crippen LogP contribution is -2.33. The monoisotopic (exact) mass is 489 g/mol. The van der Waals surface area contributed by atoms with E-state index in [-0.39, 0.29) is 34.4 Å². The van der Waals surface area contributed by atoms with Crippen molar-refractivity contribution in [2.45, 2.75) is 11.7 Å². The number of anilines is 2. The van der Waals surface area contributed by atoms with Crippen molar-refractivity contribution >= 4 is 74.6 Å². The number of carbonyl (C=O) groups is 3. The first-order valence-corrected chi connectivity index (χ1v) is 11.6. The molecule has 0 bridgehead atoms. The molecule has 2 fully saturated rings. The highest BCUT2D eigenvalue weighted by Crippen LogP contribution is 2.34. The van der Waals surface area contributed by atoms with Crippen LogP contribution in [0.25, 0.3) is 0 Å². The van der Waals surface area contributed by atoms with Crippen LogP contribution in [0.15, 0.2) is 58.7 Å². The number of halogens is 1. The number of hydrogen-bond acceptors (Lipinski definition) is 8. The minimum absolute atomic E-state index is 0.0522. The normalized spacial score (nSPS) is 20.8. The Hall–Kier alpha value is -3.02. The van der Waals surface area contributed by atoms with Crippen LogP contribution in [-0.4, -0.2) is 44.2 Å². The predicted octanol–water partition coefficient (Wildman–Crippen LogP) is 3.65. The largest absolute Gasteiger partial charge is 0.508 e. The second-order valence-electron chi connectivity index (χ2n) is 6.69. The summed E-state index contributed by atoms with van der Waals surface area (Å²) in [5.74, 6) is 0.124. The predicted molar refractivity (Wildman–Crippen MR) is 128 cm³/mol. The third kappa shape index (κ3) is 5.23. The van der Waals surface area contributed by atoms with Crippen LogP contribution in [0.5, 0.6) is 5.75 Å². The van der Waals surface area contributed by atoms with Gasteiger partial charge < -0.3 is 15.7 Å². The lowest BCUT2D eigenvalue weighted by Gasteiger charge is -2.16. The molecule has 1 atom stereocenters. The van der Waals surface area contributed by atoms with E-state index < -0.39 is 5.25 Å². The smallest absolute Gasteiger partial charge is 0.284 e. The quantitative estimate of drug-likeness (QED) is 0.551. The maximum absolute atomic E-state index is 13.1. The van der Waals surface area contributed by atoms with Gasteiger partial charge >= 0.3 is 0 Å². The molecule has 2 aromatic rings. The van der Waals surface area contributed by atoms with Gasteiger partial charge in [0.2, 0.25) is 11.8 Å². The van der Waals surface area contributed by atoms with Gasteiger partial charge in [0.05, 0.1) is 11.4 Å². The van der Waals surface area contributed by atoms with Gasteiger partial charge in [-0.2, -0.15) is 0 Å². The van der Waals surface area contributed by atoms with Crippen LogP contribution in [0.1, 0.15) is 6.42 Å². The Kier molecular flexibility index (Phi) is 6.68. The summed E-state index contributed by atoms with van der Waals surface area (Å²) < 4.78 is 0. The Balaban J connectivity index is 1.54. The number of amidine groups is 2. The number of phenols is 1. The number of aromatic hydroxyl groups is 1. The molecule has 3 amide bonds. The lowest BCUT2D eigenvalue weighted by molar-refractivity contribution is -0.121. The number of benzene rings is 2. The van der Waals surface area contributed by atoms with Crippen LogP contribution >= 0.6 is 35.1 Å². The van der Waals surface area contributed by atoms with Crippen molar-refractivity contribution in [3.63, 3.8) is 0 Å². The van der Waals surface area contributed by atoms with E-state index in [1.165, 1.54) is 17.0 Å². The topological polar surface area (TPSA) is 123 Å². The summed E-state index contributed by atoms with van der Waals surface area (Å²) in [4.78, 5) is 38.3. The SMILES string of the molecule is O=C(C[C@@H]1S/C(=N/N=C2\CSC(=O)N2)N(c2ccc(O)cc2)C1=O)Nc1ccc(Cl)cc1. The summed E-state index contributed by atoms with van der Waals surface area (Å²) in [5, 5.41) is 23.0. The van der Waals surface area contributed by atoms with Crippen LogP contribution in [0.4, 0.5) is 16.2 Å². The fourth-order valence-electron chi connectivity index (χ4n) is 2.90. The summed E-state index contributed by atoms with van der Waals surface area (Å²) >= 11 is 8.04. The second-order valence-corrected chi connectivity index (χ2v) is 9.24. The van der Waals surface area contributed by atoms with E-state index in [0.717, 1.165) is 23.5 Å². The standard InChI is InChI=1S/C20H16ClN5O4S2/c21-11-1-3-12(4-2-11)22-17(28)9-15-18(29)26(13-5-7-14(27)8-6-13)19(32-15)25-24-16-10-31-20(30)23-16/h1-8,15,27H,9-10H2,(H,22,28)(H,23,24,30)/b25-19+/t15-/m0/s1. The number of phenolic OH excluding ortho intramolecular Hbond substituents is 1. The molecule has 2 aromatic carbocycles. The summed E-state index contributed by atoms with van der Waals surface area (Å²) in [6.07, 6.45) is -0.0805. The van der Waals surface area contributed by atoms with Gasteiger partial charge in [0.25, 0.3) is 5.24 Å². The maximum atomic E-state index is 13.1. The molecule has 2 aliphatic rings. The number of thioether (sulfide) groups is 2. The summed E-state index contributed by atoms with van der Waals surface area (Å²) in [7, 11) is 0. The molecule has 0 spiro atoms. The van der Waals surface area contributed by atoms with Gasteiger partial charge in [0.1, 0.15) is 16.8 Å².